The first-order valence-corrected chi connectivity index (χ1v) is 10.00. The molecule has 3 fully saturated rings. The number of carbonyl (C=O) groups excluding carboxylic acids is 1. The first-order valence-electron chi connectivity index (χ1n) is 10.00. The average molecular weight is 362 g/mol. The van der Waals surface area contributed by atoms with Gasteiger partial charge in [-0.25, -0.2) is 0 Å². The van der Waals surface area contributed by atoms with Crippen molar-refractivity contribution in [2.75, 3.05) is 26.2 Å². The van der Waals surface area contributed by atoms with E-state index in [4.69, 9.17) is 0 Å². The Labute approximate surface area is 160 Å². The van der Waals surface area contributed by atoms with Gasteiger partial charge in [0.15, 0.2) is 0 Å². The number of nitrogens with zero attached hydrogens (tertiary/aromatic N) is 2. The molecule has 1 N–H and O–H groups in total. The molecular formula is C23H26N2O2. The molecule has 2 heterocycles. The summed E-state index contributed by atoms with van der Waals surface area (Å²) in [6.07, 6.45) is 2.60. The maximum atomic E-state index is 12.8. The van der Waals surface area contributed by atoms with Gasteiger partial charge in [0.2, 0.25) is 0 Å². The molecule has 2 aromatic carbocycles. The van der Waals surface area contributed by atoms with Crippen molar-refractivity contribution in [3.63, 3.8) is 0 Å². The third-order valence-electron chi connectivity index (χ3n) is 6.67. The molecule has 4 nitrogen and oxygen atoms in total. The molecular weight excluding hydrogens is 336 g/mol. The molecule has 1 spiro atoms. The van der Waals surface area contributed by atoms with Gasteiger partial charge in [0.1, 0.15) is 0 Å². The van der Waals surface area contributed by atoms with Gasteiger partial charge in [-0.1, -0.05) is 48.5 Å². The van der Waals surface area contributed by atoms with Crippen molar-refractivity contribution >= 4 is 5.91 Å². The lowest BCUT2D eigenvalue weighted by Crippen LogP contribution is -2.85. The quantitative estimate of drug-likeness (QED) is 0.889. The number of likely N-dealkylation sites (tertiary alicyclic amines) is 2. The summed E-state index contributed by atoms with van der Waals surface area (Å²) in [6, 6.07) is 20.3. The van der Waals surface area contributed by atoms with E-state index in [9.17, 15) is 9.90 Å². The lowest BCUT2D eigenvalue weighted by atomic mass is 9.60. The fraction of sp³-hybridized carbons (Fsp3) is 0.435. The van der Waals surface area contributed by atoms with Crippen LogP contribution in [0.2, 0.25) is 0 Å². The maximum Gasteiger partial charge on any atom is 0.253 e. The molecule has 2 aliphatic heterocycles. The zero-order chi connectivity index (χ0) is 18.4. The smallest absolute Gasteiger partial charge is 0.253 e. The van der Waals surface area contributed by atoms with Gasteiger partial charge < -0.3 is 10.0 Å². The van der Waals surface area contributed by atoms with Gasteiger partial charge in [-0.05, 0) is 36.5 Å². The van der Waals surface area contributed by atoms with E-state index in [0.29, 0.717) is 5.92 Å². The number of amides is 1. The molecule has 2 atom stereocenters. The van der Waals surface area contributed by atoms with E-state index in [1.807, 2.05) is 41.3 Å². The Morgan fingerprint density at radius 3 is 2.22 bits per heavy atom. The van der Waals surface area contributed by atoms with Crippen LogP contribution >= 0.6 is 0 Å². The number of rotatable bonds is 5. The Kier molecular flexibility index (Phi) is 4.06. The Bertz CT molecular complexity index is 813. The van der Waals surface area contributed by atoms with Crippen LogP contribution in [-0.2, 0) is 0 Å². The minimum Gasteiger partial charge on any atom is -0.395 e. The van der Waals surface area contributed by atoms with E-state index < -0.39 is 0 Å². The van der Waals surface area contributed by atoms with Crippen molar-refractivity contribution in [1.29, 1.82) is 0 Å². The van der Waals surface area contributed by atoms with Crippen LogP contribution in [0.25, 0.3) is 0 Å². The minimum absolute atomic E-state index is 0.0121. The molecule has 1 amide bonds. The highest BCUT2D eigenvalue weighted by molar-refractivity contribution is 5.95. The molecule has 0 unspecified atom stereocenters. The van der Waals surface area contributed by atoms with Crippen LogP contribution in [0.5, 0.6) is 0 Å². The third kappa shape index (κ3) is 2.70. The normalized spacial score (nSPS) is 26.5. The first kappa shape index (κ1) is 17.0. The number of hydrogen-bond donors (Lipinski definition) is 1. The number of aliphatic hydroxyl groups excluding tert-OH is 1. The topological polar surface area (TPSA) is 43.8 Å². The lowest BCUT2D eigenvalue weighted by Gasteiger charge is -2.71. The molecule has 0 bridgehead atoms. The molecule has 0 radical (unpaired) electrons. The van der Waals surface area contributed by atoms with Gasteiger partial charge in [0, 0.05) is 37.2 Å². The van der Waals surface area contributed by atoms with Crippen molar-refractivity contribution in [3.8, 4) is 0 Å². The second-order valence-electron chi connectivity index (χ2n) is 8.36. The highest BCUT2D eigenvalue weighted by Crippen LogP contribution is 2.55. The zero-order valence-electron chi connectivity index (χ0n) is 15.5. The Morgan fingerprint density at radius 1 is 1.00 bits per heavy atom. The Hall–Kier alpha value is -2.17. The van der Waals surface area contributed by atoms with Crippen molar-refractivity contribution in [2.45, 2.75) is 30.3 Å². The van der Waals surface area contributed by atoms with Crippen LogP contribution in [-0.4, -0.2) is 58.6 Å². The van der Waals surface area contributed by atoms with Gasteiger partial charge >= 0.3 is 0 Å². The fourth-order valence-electron chi connectivity index (χ4n) is 5.16. The van der Waals surface area contributed by atoms with E-state index in [1.54, 1.807) is 0 Å². The summed E-state index contributed by atoms with van der Waals surface area (Å²) in [5.74, 6) is 1.18. The SMILES string of the molecule is O=C(c1ccccc1)N1CC2(C1)[C@@H](c1ccccc1)[C@H](CO)N2CC1CC1. The van der Waals surface area contributed by atoms with Crippen LogP contribution < -0.4 is 0 Å². The predicted molar refractivity (Wildman–Crippen MR) is 105 cm³/mol. The first-order chi connectivity index (χ1) is 13.2. The molecule has 4 heteroatoms. The molecule has 3 aliphatic rings. The van der Waals surface area contributed by atoms with Gasteiger partial charge in [-0.15, -0.1) is 0 Å². The van der Waals surface area contributed by atoms with Crippen LogP contribution in [0.4, 0.5) is 0 Å². The van der Waals surface area contributed by atoms with Gasteiger partial charge in [0.05, 0.1) is 12.1 Å². The number of aliphatic hydroxyl groups is 1. The molecule has 140 valence electrons. The summed E-state index contributed by atoms with van der Waals surface area (Å²) in [5, 5.41) is 10.1. The summed E-state index contributed by atoms with van der Waals surface area (Å²) in [5.41, 5.74) is 2.03. The summed E-state index contributed by atoms with van der Waals surface area (Å²) >= 11 is 0. The highest BCUT2D eigenvalue weighted by atomic mass is 16.3. The van der Waals surface area contributed by atoms with E-state index in [0.717, 1.165) is 31.1 Å². The van der Waals surface area contributed by atoms with Crippen LogP contribution in [0.1, 0.15) is 34.7 Å². The predicted octanol–water partition coefficient (Wildman–Crippen LogP) is 2.75. The molecule has 27 heavy (non-hydrogen) atoms. The fourth-order valence-corrected chi connectivity index (χ4v) is 5.16. The molecule has 1 aliphatic carbocycles. The second kappa shape index (κ2) is 6.47. The van der Waals surface area contributed by atoms with E-state index in [-0.39, 0.29) is 24.1 Å². The molecule has 2 aromatic rings. The molecule has 2 saturated heterocycles. The maximum absolute atomic E-state index is 12.8. The van der Waals surface area contributed by atoms with Crippen molar-refractivity contribution in [3.05, 3.63) is 71.8 Å². The van der Waals surface area contributed by atoms with Crippen molar-refractivity contribution < 1.29 is 9.90 Å². The number of hydrogen-bond acceptors (Lipinski definition) is 3. The summed E-state index contributed by atoms with van der Waals surface area (Å²) in [7, 11) is 0. The monoisotopic (exact) mass is 362 g/mol. The molecule has 0 aromatic heterocycles. The highest BCUT2D eigenvalue weighted by Gasteiger charge is 2.66. The van der Waals surface area contributed by atoms with Crippen molar-refractivity contribution in [2.24, 2.45) is 5.92 Å². The van der Waals surface area contributed by atoms with E-state index in [2.05, 4.69) is 29.2 Å². The van der Waals surface area contributed by atoms with Gasteiger partial charge in [-0.2, -0.15) is 0 Å². The van der Waals surface area contributed by atoms with E-state index >= 15 is 0 Å². The minimum atomic E-state index is -0.0121. The standard InChI is InChI=1S/C23H26N2O2/c26-14-20-21(18-7-3-1-4-8-18)23(25(20)13-17-11-12-17)15-24(16-23)22(27)19-9-5-2-6-10-19/h1-10,17,20-21,26H,11-16H2/t20-,21-/m0/s1. The van der Waals surface area contributed by atoms with Crippen LogP contribution in [0.3, 0.4) is 0 Å². The van der Waals surface area contributed by atoms with Gasteiger partial charge in [0.25, 0.3) is 5.91 Å². The van der Waals surface area contributed by atoms with Crippen LogP contribution in [0.15, 0.2) is 60.7 Å². The van der Waals surface area contributed by atoms with Crippen molar-refractivity contribution in [1.82, 2.24) is 9.80 Å². The second-order valence-corrected chi connectivity index (χ2v) is 8.36. The summed E-state index contributed by atoms with van der Waals surface area (Å²) in [4.78, 5) is 17.3. The Morgan fingerprint density at radius 2 is 1.63 bits per heavy atom. The van der Waals surface area contributed by atoms with Crippen LogP contribution in [0, 0.1) is 5.92 Å². The summed E-state index contributed by atoms with van der Waals surface area (Å²) in [6.45, 7) is 2.75. The summed E-state index contributed by atoms with van der Waals surface area (Å²) < 4.78 is 0. The molecule has 5 rings (SSSR count). The lowest BCUT2D eigenvalue weighted by molar-refractivity contribution is -0.180. The molecule has 1 saturated carbocycles. The average Bonchev–Trinajstić information content (AvgIpc) is 3.49. The third-order valence-corrected chi connectivity index (χ3v) is 6.67. The van der Waals surface area contributed by atoms with Gasteiger partial charge in [-0.3, -0.25) is 9.69 Å². The number of carbonyl (C=O) groups is 1. The largest absolute Gasteiger partial charge is 0.395 e. The Balaban J connectivity index is 1.40. The zero-order valence-corrected chi connectivity index (χ0v) is 15.5. The number of benzene rings is 2. The van der Waals surface area contributed by atoms with E-state index in [1.165, 1.54) is 18.4 Å².